The van der Waals surface area contributed by atoms with Crippen LogP contribution in [0.5, 0.6) is 0 Å². The van der Waals surface area contributed by atoms with Gasteiger partial charge < -0.3 is 9.84 Å². The molecule has 0 spiro atoms. The molecule has 146 valence electrons. The van der Waals surface area contributed by atoms with Crippen LogP contribution in [-0.2, 0) is 12.8 Å². The first kappa shape index (κ1) is 18.7. The zero-order valence-electron chi connectivity index (χ0n) is 16.2. The highest BCUT2D eigenvalue weighted by atomic mass is 16.5. The van der Waals surface area contributed by atoms with Crippen molar-refractivity contribution in [1.82, 2.24) is 25.1 Å². The summed E-state index contributed by atoms with van der Waals surface area (Å²) in [7, 11) is 0. The van der Waals surface area contributed by atoms with E-state index in [0.717, 1.165) is 42.2 Å². The van der Waals surface area contributed by atoms with Crippen LogP contribution in [0, 0.1) is 0 Å². The van der Waals surface area contributed by atoms with Crippen LogP contribution in [0.1, 0.15) is 36.5 Å². The van der Waals surface area contributed by atoms with Crippen molar-refractivity contribution in [3.63, 3.8) is 0 Å². The lowest BCUT2D eigenvalue weighted by atomic mass is 10.1. The van der Waals surface area contributed by atoms with Crippen molar-refractivity contribution in [2.45, 2.75) is 32.2 Å². The molecule has 4 rings (SSSR count). The highest BCUT2D eigenvalue weighted by Gasteiger charge is 2.11. The SMILES string of the molecule is C[C@@H](Nc1ccc(-c2nc(CCCc3ccccc3)no2)cn1)c1ccncn1. The van der Waals surface area contributed by atoms with Crippen molar-refractivity contribution >= 4 is 5.82 Å². The molecule has 0 aliphatic rings. The van der Waals surface area contributed by atoms with Gasteiger partial charge in [0.05, 0.1) is 17.3 Å². The Hall–Kier alpha value is -3.61. The lowest BCUT2D eigenvalue weighted by Gasteiger charge is -2.13. The molecular weight excluding hydrogens is 364 g/mol. The lowest BCUT2D eigenvalue weighted by molar-refractivity contribution is 0.421. The van der Waals surface area contributed by atoms with E-state index < -0.39 is 0 Å². The summed E-state index contributed by atoms with van der Waals surface area (Å²) >= 11 is 0. The zero-order valence-corrected chi connectivity index (χ0v) is 16.2. The second kappa shape index (κ2) is 9.05. The van der Waals surface area contributed by atoms with E-state index in [0.29, 0.717) is 5.89 Å². The van der Waals surface area contributed by atoms with Crippen molar-refractivity contribution in [2.75, 3.05) is 5.32 Å². The summed E-state index contributed by atoms with van der Waals surface area (Å²) in [6.07, 6.45) is 7.75. The van der Waals surface area contributed by atoms with Gasteiger partial charge in [-0.2, -0.15) is 4.98 Å². The normalized spacial score (nSPS) is 11.9. The fourth-order valence-electron chi connectivity index (χ4n) is 3.03. The molecule has 0 aliphatic carbocycles. The van der Waals surface area contributed by atoms with Crippen molar-refractivity contribution in [1.29, 1.82) is 0 Å². The van der Waals surface area contributed by atoms with Crippen LogP contribution in [0.15, 0.2) is 71.8 Å². The molecule has 0 radical (unpaired) electrons. The molecule has 0 amide bonds. The summed E-state index contributed by atoms with van der Waals surface area (Å²) < 4.78 is 5.41. The molecule has 0 unspecified atom stereocenters. The number of rotatable bonds is 8. The standard InChI is InChI=1S/C22H22N6O/c1-16(19-12-13-23-15-25-19)26-20-11-10-18(14-24-20)22-27-21(28-29-22)9-5-8-17-6-3-2-4-7-17/h2-4,6-7,10-16H,5,8-9H2,1H3,(H,24,26)/t16-/m1/s1. The van der Waals surface area contributed by atoms with Gasteiger partial charge in [-0.05, 0) is 43.5 Å². The smallest absolute Gasteiger partial charge is 0.259 e. The van der Waals surface area contributed by atoms with E-state index in [1.165, 1.54) is 11.9 Å². The van der Waals surface area contributed by atoms with Gasteiger partial charge in [0.2, 0.25) is 0 Å². The summed E-state index contributed by atoms with van der Waals surface area (Å²) in [5.74, 6) is 1.96. The van der Waals surface area contributed by atoms with E-state index in [9.17, 15) is 0 Å². The summed E-state index contributed by atoms with van der Waals surface area (Å²) in [5.41, 5.74) is 3.02. The molecule has 3 aromatic heterocycles. The Labute approximate surface area is 169 Å². The highest BCUT2D eigenvalue weighted by Crippen LogP contribution is 2.20. The van der Waals surface area contributed by atoms with Gasteiger partial charge in [0.15, 0.2) is 5.82 Å². The Morgan fingerprint density at radius 1 is 1.00 bits per heavy atom. The van der Waals surface area contributed by atoms with Gasteiger partial charge in [-0.25, -0.2) is 15.0 Å². The number of aromatic nitrogens is 5. The molecule has 1 aromatic carbocycles. The van der Waals surface area contributed by atoms with Crippen molar-refractivity contribution < 1.29 is 4.52 Å². The number of benzene rings is 1. The van der Waals surface area contributed by atoms with E-state index in [4.69, 9.17) is 4.52 Å². The van der Waals surface area contributed by atoms with Gasteiger partial charge in [-0.15, -0.1) is 0 Å². The topological polar surface area (TPSA) is 89.6 Å². The number of aryl methyl sites for hydroxylation is 2. The fraction of sp³-hybridized carbons (Fsp3) is 0.227. The summed E-state index contributed by atoms with van der Waals surface area (Å²) in [6, 6.07) is 16.1. The molecule has 7 nitrogen and oxygen atoms in total. The number of nitrogens with one attached hydrogen (secondary N) is 1. The minimum atomic E-state index is 0.0240. The maximum Gasteiger partial charge on any atom is 0.259 e. The van der Waals surface area contributed by atoms with E-state index in [1.54, 1.807) is 12.4 Å². The molecule has 7 heteroatoms. The Morgan fingerprint density at radius 2 is 1.90 bits per heavy atom. The van der Waals surface area contributed by atoms with E-state index >= 15 is 0 Å². The van der Waals surface area contributed by atoms with E-state index in [-0.39, 0.29) is 6.04 Å². The lowest BCUT2D eigenvalue weighted by Crippen LogP contribution is -2.09. The molecule has 0 fully saturated rings. The molecule has 3 heterocycles. The first-order valence-corrected chi connectivity index (χ1v) is 9.63. The minimum Gasteiger partial charge on any atom is -0.362 e. The van der Waals surface area contributed by atoms with Gasteiger partial charge >= 0.3 is 0 Å². The number of nitrogens with zero attached hydrogens (tertiary/aromatic N) is 5. The highest BCUT2D eigenvalue weighted by molar-refractivity contribution is 5.54. The Morgan fingerprint density at radius 3 is 2.66 bits per heavy atom. The predicted molar refractivity (Wildman–Crippen MR) is 110 cm³/mol. The van der Waals surface area contributed by atoms with Crippen molar-refractivity contribution in [3.05, 3.63) is 84.3 Å². The quantitative estimate of drug-likeness (QED) is 0.483. The Bertz CT molecular complexity index is 1020. The minimum absolute atomic E-state index is 0.0240. The average molecular weight is 386 g/mol. The first-order valence-electron chi connectivity index (χ1n) is 9.63. The second-order valence-electron chi connectivity index (χ2n) is 6.79. The Kier molecular flexibility index (Phi) is 5.85. The van der Waals surface area contributed by atoms with Crippen LogP contribution >= 0.6 is 0 Å². The van der Waals surface area contributed by atoms with Gasteiger partial charge in [-0.3, -0.25) is 0 Å². The number of anilines is 1. The zero-order chi connectivity index (χ0) is 19.9. The largest absolute Gasteiger partial charge is 0.362 e. The number of hydrogen-bond acceptors (Lipinski definition) is 7. The van der Waals surface area contributed by atoms with Crippen LogP contribution in [0.2, 0.25) is 0 Å². The number of pyridine rings is 1. The second-order valence-corrected chi connectivity index (χ2v) is 6.79. The van der Waals surface area contributed by atoms with E-state index in [2.05, 4.69) is 54.7 Å². The van der Waals surface area contributed by atoms with Gasteiger partial charge in [-0.1, -0.05) is 35.5 Å². The summed E-state index contributed by atoms with van der Waals surface area (Å²) in [6.45, 7) is 2.03. The number of hydrogen-bond donors (Lipinski definition) is 1. The molecular formula is C22H22N6O. The first-order chi connectivity index (χ1) is 14.3. The van der Waals surface area contributed by atoms with Gasteiger partial charge in [0.25, 0.3) is 5.89 Å². The molecule has 0 bridgehead atoms. The van der Waals surface area contributed by atoms with Gasteiger partial charge in [0.1, 0.15) is 12.1 Å². The summed E-state index contributed by atoms with van der Waals surface area (Å²) in [5, 5.41) is 7.41. The van der Waals surface area contributed by atoms with E-state index in [1.807, 2.05) is 31.2 Å². The molecule has 4 aromatic rings. The Balaban J connectivity index is 1.33. The maximum absolute atomic E-state index is 5.41. The van der Waals surface area contributed by atoms with Crippen LogP contribution in [0.25, 0.3) is 11.5 Å². The molecule has 0 saturated heterocycles. The maximum atomic E-state index is 5.41. The summed E-state index contributed by atoms with van der Waals surface area (Å²) in [4.78, 5) is 17.1. The van der Waals surface area contributed by atoms with Crippen molar-refractivity contribution in [3.8, 4) is 11.5 Å². The van der Waals surface area contributed by atoms with Crippen LogP contribution < -0.4 is 5.32 Å². The molecule has 0 saturated carbocycles. The third kappa shape index (κ3) is 5.01. The third-order valence-corrected chi connectivity index (χ3v) is 4.60. The third-order valence-electron chi connectivity index (χ3n) is 4.60. The predicted octanol–water partition coefficient (Wildman–Crippen LogP) is 4.27. The van der Waals surface area contributed by atoms with Crippen LogP contribution in [-0.4, -0.2) is 25.1 Å². The van der Waals surface area contributed by atoms with Crippen LogP contribution in [0.4, 0.5) is 5.82 Å². The molecule has 1 atom stereocenters. The fourth-order valence-corrected chi connectivity index (χ4v) is 3.03. The van der Waals surface area contributed by atoms with Gasteiger partial charge in [0, 0.05) is 18.8 Å². The van der Waals surface area contributed by atoms with Crippen molar-refractivity contribution in [2.24, 2.45) is 0 Å². The molecule has 29 heavy (non-hydrogen) atoms. The monoisotopic (exact) mass is 386 g/mol. The average Bonchev–Trinajstić information content (AvgIpc) is 3.24. The molecule has 1 N–H and O–H groups in total. The molecule has 0 aliphatic heterocycles. The van der Waals surface area contributed by atoms with Crippen LogP contribution in [0.3, 0.4) is 0 Å².